The van der Waals surface area contributed by atoms with Gasteiger partial charge in [0.1, 0.15) is 5.75 Å². The summed E-state index contributed by atoms with van der Waals surface area (Å²) in [6.45, 7) is 7.87. The largest absolute Gasteiger partial charge is 0.484 e. The molecule has 1 aliphatic heterocycles. The van der Waals surface area contributed by atoms with E-state index in [0.717, 1.165) is 38.3 Å². The molecular weight excluding hydrogens is 252 g/mol. The van der Waals surface area contributed by atoms with Crippen molar-refractivity contribution >= 4 is 5.91 Å². The first kappa shape index (κ1) is 14.9. The lowest BCUT2D eigenvalue weighted by Crippen LogP contribution is -2.37. The molecule has 0 atom stereocenters. The van der Waals surface area contributed by atoms with Crippen LogP contribution in [0.15, 0.2) is 24.3 Å². The van der Waals surface area contributed by atoms with Gasteiger partial charge in [0.15, 0.2) is 6.61 Å². The second-order valence-electron chi connectivity index (χ2n) is 5.50. The molecule has 4 nitrogen and oxygen atoms in total. The molecule has 110 valence electrons. The van der Waals surface area contributed by atoms with Crippen LogP contribution in [0.4, 0.5) is 0 Å². The van der Waals surface area contributed by atoms with Gasteiger partial charge in [-0.25, -0.2) is 0 Å². The van der Waals surface area contributed by atoms with Crippen molar-refractivity contribution in [1.82, 2.24) is 10.2 Å². The van der Waals surface area contributed by atoms with E-state index in [1.165, 1.54) is 5.56 Å². The molecule has 0 saturated carbocycles. The molecule has 1 aromatic rings. The minimum Gasteiger partial charge on any atom is -0.484 e. The molecule has 4 heteroatoms. The van der Waals surface area contributed by atoms with Crippen LogP contribution in [0.3, 0.4) is 0 Å². The number of benzene rings is 1. The van der Waals surface area contributed by atoms with Crippen molar-refractivity contribution in [1.29, 1.82) is 0 Å². The highest BCUT2D eigenvalue weighted by molar-refractivity contribution is 5.77. The van der Waals surface area contributed by atoms with Gasteiger partial charge in [0.25, 0.3) is 5.91 Å². The third-order valence-corrected chi connectivity index (χ3v) is 3.58. The van der Waals surface area contributed by atoms with Gasteiger partial charge in [0, 0.05) is 19.6 Å². The zero-order valence-electron chi connectivity index (χ0n) is 12.4. The van der Waals surface area contributed by atoms with E-state index >= 15 is 0 Å². The number of carbonyl (C=O) groups is 1. The Hall–Kier alpha value is -1.55. The summed E-state index contributed by atoms with van der Waals surface area (Å²) in [4.78, 5) is 14.0. The number of amides is 1. The van der Waals surface area contributed by atoms with Crippen molar-refractivity contribution in [3.63, 3.8) is 0 Å². The van der Waals surface area contributed by atoms with Gasteiger partial charge in [-0.1, -0.05) is 26.0 Å². The third kappa shape index (κ3) is 4.23. The summed E-state index contributed by atoms with van der Waals surface area (Å²) >= 11 is 0. The van der Waals surface area contributed by atoms with E-state index in [-0.39, 0.29) is 12.5 Å². The fraction of sp³-hybridized carbons (Fsp3) is 0.562. The van der Waals surface area contributed by atoms with Gasteiger partial charge in [0.05, 0.1) is 0 Å². The minimum atomic E-state index is 0.0728. The first-order valence-corrected chi connectivity index (χ1v) is 7.38. The van der Waals surface area contributed by atoms with Crippen LogP contribution >= 0.6 is 0 Å². The number of nitrogens with zero attached hydrogens (tertiary/aromatic N) is 1. The Balaban J connectivity index is 1.87. The molecule has 20 heavy (non-hydrogen) atoms. The van der Waals surface area contributed by atoms with Crippen LogP contribution in [0.5, 0.6) is 5.75 Å². The van der Waals surface area contributed by atoms with Crippen molar-refractivity contribution in [2.75, 3.05) is 32.8 Å². The van der Waals surface area contributed by atoms with Crippen molar-refractivity contribution in [2.24, 2.45) is 0 Å². The van der Waals surface area contributed by atoms with E-state index < -0.39 is 0 Å². The van der Waals surface area contributed by atoms with Crippen LogP contribution in [0.25, 0.3) is 0 Å². The van der Waals surface area contributed by atoms with Gasteiger partial charge in [-0.05, 0) is 36.6 Å². The van der Waals surface area contributed by atoms with Crippen LogP contribution in [0.1, 0.15) is 31.7 Å². The van der Waals surface area contributed by atoms with Gasteiger partial charge in [-0.3, -0.25) is 4.79 Å². The van der Waals surface area contributed by atoms with Crippen molar-refractivity contribution in [2.45, 2.75) is 26.2 Å². The Morgan fingerprint density at radius 1 is 1.35 bits per heavy atom. The van der Waals surface area contributed by atoms with Crippen molar-refractivity contribution in [3.8, 4) is 5.75 Å². The number of hydrogen-bond donors (Lipinski definition) is 1. The highest BCUT2D eigenvalue weighted by atomic mass is 16.5. The topological polar surface area (TPSA) is 41.6 Å². The number of nitrogens with one attached hydrogen (secondary N) is 1. The molecule has 1 aromatic carbocycles. The summed E-state index contributed by atoms with van der Waals surface area (Å²) < 4.78 is 5.64. The summed E-state index contributed by atoms with van der Waals surface area (Å²) in [6, 6.07) is 7.98. The maximum atomic E-state index is 12.1. The number of rotatable bonds is 4. The zero-order valence-corrected chi connectivity index (χ0v) is 12.4. The number of carbonyl (C=O) groups excluding carboxylic acids is 1. The maximum Gasteiger partial charge on any atom is 0.260 e. The highest BCUT2D eigenvalue weighted by Gasteiger charge is 2.15. The van der Waals surface area contributed by atoms with Gasteiger partial charge in [-0.2, -0.15) is 0 Å². The quantitative estimate of drug-likeness (QED) is 0.914. The van der Waals surface area contributed by atoms with Crippen LogP contribution < -0.4 is 10.1 Å². The molecule has 0 radical (unpaired) electrons. The summed E-state index contributed by atoms with van der Waals surface area (Å²) in [6.07, 6.45) is 1.01. The van der Waals surface area contributed by atoms with Crippen LogP contribution in [-0.4, -0.2) is 43.6 Å². The van der Waals surface area contributed by atoms with E-state index in [0.29, 0.717) is 5.92 Å². The minimum absolute atomic E-state index is 0.0728. The Bertz CT molecular complexity index is 438. The van der Waals surface area contributed by atoms with Crippen LogP contribution in [0, 0.1) is 0 Å². The molecule has 0 bridgehead atoms. The zero-order chi connectivity index (χ0) is 14.4. The summed E-state index contributed by atoms with van der Waals surface area (Å²) in [5.74, 6) is 1.31. The summed E-state index contributed by atoms with van der Waals surface area (Å²) in [7, 11) is 0. The van der Waals surface area contributed by atoms with Gasteiger partial charge < -0.3 is 15.0 Å². The fourth-order valence-electron chi connectivity index (χ4n) is 2.29. The summed E-state index contributed by atoms with van der Waals surface area (Å²) in [5.41, 5.74) is 1.23. The Morgan fingerprint density at radius 3 is 3.00 bits per heavy atom. The molecule has 1 amide bonds. The molecule has 1 aliphatic rings. The van der Waals surface area contributed by atoms with Gasteiger partial charge in [0.2, 0.25) is 0 Å². The molecule has 0 aromatic heterocycles. The molecule has 0 spiro atoms. The Kier molecular flexibility index (Phi) is 5.41. The second kappa shape index (κ2) is 7.29. The first-order chi connectivity index (χ1) is 9.66. The monoisotopic (exact) mass is 276 g/mol. The predicted molar refractivity (Wildman–Crippen MR) is 80.1 cm³/mol. The average Bonchev–Trinajstić information content (AvgIpc) is 2.74. The van der Waals surface area contributed by atoms with Gasteiger partial charge >= 0.3 is 0 Å². The third-order valence-electron chi connectivity index (χ3n) is 3.58. The predicted octanol–water partition coefficient (Wildman–Crippen LogP) is 2.01. The molecule has 1 saturated heterocycles. The van der Waals surface area contributed by atoms with Crippen LogP contribution in [0.2, 0.25) is 0 Å². The highest BCUT2D eigenvalue weighted by Crippen LogP contribution is 2.20. The number of ether oxygens (including phenoxy) is 1. The van der Waals surface area contributed by atoms with E-state index in [9.17, 15) is 4.79 Å². The molecule has 1 heterocycles. The molecular formula is C16H24N2O2. The second-order valence-corrected chi connectivity index (χ2v) is 5.50. The standard InChI is InChI=1S/C16H24N2O2/c1-13(2)14-5-3-6-15(11-14)20-12-16(19)18-9-4-7-17-8-10-18/h3,5-6,11,13,17H,4,7-10,12H2,1-2H3. The van der Waals surface area contributed by atoms with Gasteiger partial charge in [-0.15, -0.1) is 0 Å². The lowest BCUT2D eigenvalue weighted by atomic mass is 10.0. The number of hydrogen-bond acceptors (Lipinski definition) is 3. The molecule has 0 unspecified atom stereocenters. The SMILES string of the molecule is CC(C)c1cccc(OCC(=O)N2CCCNCC2)c1. The molecule has 2 rings (SSSR count). The normalized spacial score (nSPS) is 16.1. The van der Waals surface area contributed by atoms with E-state index in [4.69, 9.17) is 4.74 Å². The van der Waals surface area contributed by atoms with E-state index in [2.05, 4.69) is 25.2 Å². The van der Waals surface area contributed by atoms with Crippen LogP contribution in [-0.2, 0) is 4.79 Å². The van der Waals surface area contributed by atoms with Crippen molar-refractivity contribution in [3.05, 3.63) is 29.8 Å². The Morgan fingerprint density at radius 2 is 2.20 bits per heavy atom. The molecule has 1 N–H and O–H groups in total. The van der Waals surface area contributed by atoms with E-state index in [1.54, 1.807) is 0 Å². The fourth-order valence-corrected chi connectivity index (χ4v) is 2.29. The molecule has 1 fully saturated rings. The average molecular weight is 276 g/mol. The maximum absolute atomic E-state index is 12.1. The Labute approximate surface area is 121 Å². The first-order valence-electron chi connectivity index (χ1n) is 7.38. The van der Waals surface area contributed by atoms with Crippen molar-refractivity contribution < 1.29 is 9.53 Å². The lowest BCUT2D eigenvalue weighted by Gasteiger charge is -2.20. The lowest BCUT2D eigenvalue weighted by molar-refractivity contribution is -0.133. The summed E-state index contributed by atoms with van der Waals surface area (Å²) in [5, 5.41) is 3.29. The van der Waals surface area contributed by atoms with E-state index in [1.807, 2.05) is 23.1 Å². The molecule has 0 aliphatic carbocycles. The smallest absolute Gasteiger partial charge is 0.260 e.